The number of benzene rings is 2. The molecule has 0 saturated heterocycles. The maximum Gasteiger partial charge on any atom is 0.269 e. The Kier molecular flexibility index (Phi) is 6.42. The summed E-state index contributed by atoms with van der Waals surface area (Å²) in [5.74, 6) is -1.02. The molecule has 0 aliphatic heterocycles. The molecule has 1 aliphatic carbocycles. The van der Waals surface area contributed by atoms with Crippen molar-refractivity contribution in [2.75, 3.05) is 11.9 Å². The van der Waals surface area contributed by atoms with E-state index in [9.17, 15) is 18.0 Å². The summed E-state index contributed by atoms with van der Waals surface area (Å²) < 4.78 is 27.3. The molecule has 2 aromatic carbocycles. The number of rotatable bonds is 7. The van der Waals surface area contributed by atoms with Gasteiger partial charge in [0.1, 0.15) is 0 Å². The van der Waals surface area contributed by atoms with E-state index >= 15 is 0 Å². The second-order valence-corrected chi connectivity index (χ2v) is 9.26. The highest BCUT2D eigenvalue weighted by atomic mass is 32.2. The molecule has 0 bridgehead atoms. The van der Waals surface area contributed by atoms with E-state index in [0.29, 0.717) is 5.56 Å². The molecule has 0 unspecified atom stereocenters. The minimum absolute atomic E-state index is 0.0213. The average Bonchev–Trinajstić information content (AvgIpc) is 3.49. The molecule has 160 valence electrons. The van der Waals surface area contributed by atoms with E-state index in [0.717, 1.165) is 29.7 Å². The van der Waals surface area contributed by atoms with Gasteiger partial charge in [0.2, 0.25) is 10.0 Å². The third-order valence-corrected chi connectivity index (χ3v) is 6.32. The zero-order chi connectivity index (χ0) is 21.9. The first kappa shape index (κ1) is 21.8. The lowest BCUT2D eigenvalue weighted by Gasteiger charge is -2.13. The first-order valence-corrected chi connectivity index (χ1v) is 11.2. The van der Waals surface area contributed by atoms with E-state index in [1.165, 1.54) is 12.1 Å². The van der Waals surface area contributed by atoms with E-state index in [1.807, 2.05) is 32.0 Å². The standard InChI is InChI=1S/C21H26N4O4S/c1-13-4-9-19(15(3)10-13)22-12-20(26)23-24-21(27)18-11-17(8-5-14(18)2)30(28,29)25-16-6-7-16/h4-5,8-11,16,22,25H,6-7,12H2,1-3H3,(H,23,26)(H,24,27). The number of hydrazine groups is 1. The zero-order valence-electron chi connectivity index (χ0n) is 17.2. The number of aryl methyl sites for hydroxylation is 3. The first-order valence-electron chi connectivity index (χ1n) is 9.69. The average molecular weight is 431 g/mol. The molecule has 1 aliphatic rings. The second-order valence-electron chi connectivity index (χ2n) is 7.55. The minimum Gasteiger partial charge on any atom is -0.376 e. The molecule has 0 heterocycles. The van der Waals surface area contributed by atoms with Crippen LogP contribution in [0.15, 0.2) is 41.3 Å². The normalized spacial score (nSPS) is 13.6. The Balaban J connectivity index is 1.58. The van der Waals surface area contributed by atoms with Crippen molar-refractivity contribution >= 4 is 27.5 Å². The molecule has 1 fully saturated rings. The van der Waals surface area contributed by atoms with E-state index in [1.54, 1.807) is 13.0 Å². The van der Waals surface area contributed by atoms with Crippen LogP contribution >= 0.6 is 0 Å². The Hall–Kier alpha value is -2.91. The lowest BCUT2D eigenvalue weighted by Crippen LogP contribution is -2.44. The predicted molar refractivity (Wildman–Crippen MR) is 115 cm³/mol. The topological polar surface area (TPSA) is 116 Å². The van der Waals surface area contributed by atoms with Gasteiger partial charge in [-0.15, -0.1) is 0 Å². The number of amides is 2. The Morgan fingerprint density at radius 3 is 2.37 bits per heavy atom. The number of hydrogen-bond acceptors (Lipinski definition) is 5. The van der Waals surface area contributed by atoms with Crippen LogP contribution in [0.1, 0.15) is 39.9 Å². The fraction of sp³-hybridized carbons (Fsp3) is 0.333. The monoisotopic (exact) mass is 430 g/mol. The Morgan fingerprint density at radius 1 is 0.967 bits per heavy atom. The van der Waals surface area contributed by atoms with Crippen LogP contribution in [0.5, 0.6) is 0 Å². The molecule has 0 radical (unpaired) electrons. The van der Waals surface area contributed by atoms with Crippen molar-refractivity contribution in [3.8, 4) is 0 Å². The summed E-state index contributed by atoms with van der Waals surface area (Å²) >= 11 is 0. The van der Waals surface area contributed by atoms with E-state index in [2.05, 4.69) is 20.9 Å². The van der Waals surface area contributed by atoms with E-state index in [4.69, 9.17) is 0 Å². The second kappa shape index (κ2) is 8.85. The molecule has 4 N–H and O–H groups in total. The molecule has 1 saturated carbocycles. The Labute approximate surface area is 176 Å². The molecule has 0 atom stereocenters. The van der Waals surface area contributed by atoms with Crippen molar-refractivity contribution in [1.29, 1.82) is 0 Å². The number of carbonyl (C=O) groups excluding carboxylic acids is 2. The Bertz CT molecular complexity index is 1080. The number of carbonyl (C=O) groups is 2. The maximum absolute atomic E-state index is 12.5. The highest BCUT2D eigenvalue weighted by Crippen LogP contribution is 2.23. The quantitative estimate of drug-likeness (QED) is 0.501. The van der Waals surface area contributed by atoms with Crippen molar-refractivity contribution in [3.05, 3.63) is 58.7 Å². The van der Waals surface area contributed by atoms with Gasteiger partial charge in [0.25, 0.3) is 11.8 Å². The van der Waals surface area contributed by atoms with Gasteiger partial charge in [0.05, 0.1) is 11.4 Å². The van der Waals surface area contributed by atoms with Gasteiger partial charge in [0, 0.05) is 17.3 Å². The third kappa shape index (κ3) is 5.58. The molecular weight excluding hydrogens is 404 g/mol. The van der Waals surface area contributed by atoms with Gasteiger partial charge in [-0.1, -0.05) is 23.8 Å². The van der Waals surface area contributed by atoms with Crippen LogP contribution in [0.2, 0.25) is 0 Å². The molecule has 8 nitrogen and oxygen atoms in total. The summed E-state index contributed by atoms with van der Waals surface area (Å²) in [5, 5.41) is 3.02. The van der Waals surface area contributed by atoms with Gasteiger partial charge in [-0.3, -0.25) is 20.4 Å². The number of nitrogens with one attached hydrogen (secondary N) is 4. The van der Waals surface area contributed by atoms with Gasteiger partial charge in [-0.25, -0.2) is 13.1 Å². The van der Waals surface area contributed by atoms with Crippen molar-refractivity contribution in [1.82, 2.24) is 15.6 Å². The van der Waals surface area contributed by atoms with Crippen LogP contribution in [0.4, 0.5) is 5.69 Å². The molecule has 30 heavy (non-hydrogen) atoms. The predicted octanol–water partition coefficient (Wildman–Crippen LogP) is 1.93. The summed E-state index contributed by atoms with van der Waals surface area (Å²) in [7, 11) is -3.67. The van der Waals surface area contributed by atoms with Gasteiger partial charge in [0.15, 0.2) is 0 Å². The summed E-state index contributed by atoms with van der Waals surface area (Å²) in [4.78, 5) is 24.6. The molecule has 9 heteroatoms. The van der Waals surface area contributed by atoms with Crippen LogP contribution in [0.25, 0.3) is 0 Å². The maximum atomic E-state index is 12.5. The van der Waals surface area contributed by atoms with Crippen molar-refractivity contribution in [2.24, 2.45) is 0 Å². The summed E-state index contributed by atoms with van der Waals surface area (Å²) in [5.41, 5.74) is 8.43. The molecular formula is C21H26N4O4S. The van der Waals surface area contributed by atoms with E-state index in [-0.39, 0.29) is 23.0 Å². The fourth-order valence-electron chi connectivity index (χ4n) is 2.93. The fourth-order valence-corrected chi connectivity index (χ4v) is 4.26. The van der Waals surface area contributed by atoms with Crippen molar-refractivity contribution < 1.29 is 18.0 Å². The van der Waals surface area contributed by atoms with Crippen LogP contribution in [0, 0.1) is 20.8 Å². The van der Waals surface area contributed by atoms with Gasteiger partial charge >= 0.3 is 0 Å². The van der Waals surface area contributed by atoms with Gasteiger partial charge < -0.3 is 5.32 Å². The van der Waals surface area contributed by atoms with Crippen molar-refractivity contribution in [3.63, 3.8) is 0 Å². The number of hydrogen-bond donors (Lipinski definition) is 4. The van der Waals surface area contributed by atoms with Crippen LogP contribution in [-0.2, 0) is 14.8 Å². The lowest BCUT2D eigenvalue weighted by atomic mass is 10.1. The largest absolute Gasteiger partial charge is 0.376 e. The highest BCUT2D eigenvalue weighted by Gasteiger charge is 2.28. The number of sulfonamides is 1. The van der Waals surface area contributed by atoms with Crippen LogP contribution < -0.4 is 20.9 Å². The first-order chi connectivity index (χ1) is 14.2. The molecule has 2 amide bonds. The highest BCUT2D eigenvalue weighted by molar-refractivity contribution is 7.89. The van der Waals surface area contributed by atoms with Crippen LogP contribution in [0.3, 0.4) is 0 Å². The SMILES string of the molecule is Cc1ccc(NCC(=O)NNC(=O)c2cc(S(=O)(=O)NC3CC3)ccc2C)c(C)c1. The van der Waals surface area contributed by atoms with Gasteiger partial charge in [-0.2, -0.15) is 0 Å². The zero-order valence-corrected chi connectivity index (χ0v) is 18.0. The summed E-state index contributed by atoms with van der Waals surface area (Å²) in [6.07, 6.45) is 1.64. The summed E-state index contributed by atoms with van der Waals surface area (Å²) in [6.45, 7) is 5.60. The van der Waals surface area contributed by atoms with Crippen molar-refractivity contribution in [2.45, 2.75) is 44.6 Å². The molecule has 0 spiro atoms. The molecule has 0 aromatic heterocycles. The Morgan fingerprint density at radius 2 is 1.70 bits per heavy atom. The summed E-state index contributed by atoms with van der Waals surface area (Å²) in [6, 6.07) is 10.2. The minimum atomic E-state index is -3.67. The van der Waals surface area contributed by atoms with Crippen LogP contribution in [-0.4, -0.2) is 32.8 Å². The molecule has 2 aromatic rings. The smallest absolute Gasteiger partial charge is 0.269 e. The molecule has 3 rings (SSSR count). The lowest BCUT2D eigenvalue weighted by molar-refractivity contribution is -0.120. The third-order valence-electron chi connectivity index (χ3n) is 4.80. The van der Waals surface area contributed by atoms with E-state index < -0.39 is 21.8 Å². The number of anilines is 1. The van der Waals surface area contributed by atoms with Gasteiger partial charge in [-0.05, 0) is 62.9 Å².